The third-order valence-electron chi connectivity index (χ3n) is 3.38. The van der Waals surface area contributed by atoms with Crippen molar-refractivity contribution in [3.8, 4) is 23.0 Å². The van der Waals surface area contributed by atoms with Crippen LogP contribution in [0.25, 0.3) is 11.1 Å². The summed E-state index contributed by atoms with van der Waals surface area (Å²) in [6.07, 6.45) is 2.97. The molecule has 1 aromatic carbocycles. The van der Waals surface area contributed by atoms with Gasteiger partial charge >= 0.3 is 12.6 Å². The Morgan fingerprint density at radius 2 is 2.08 bits per heavy atom. The van der Waals surface area contributed by atoms with Crippen LogP contribution in [0, 0.1) is 0 Å². The molecule has 0 aliphatic heterocycles. The molecule has 2 heterocycles. The molecule has 0 N–H and O–H groups in total. The summed E-state index contributed by atoms with van der Waals surface area (Å²) in [4.78, 5) is 8.05. The molecule has 0 amide bonds. The number of halogens is 3. The first-order chi connectivity index (χ1) is 12.5. The van der Waals surface area contributed by atoms with Crippen molar-refractivity contribution in [2.24, 2.45) is 0 Å². The molecule has 0 fully saturated rings. The second kappa shape index (κ2) is 8.09. The molecule has 0 atom stereocenters. The fourth-order valence-corrected chi connectivity index (χ4v) is 2.55. The maximum absolute atomic E-state index is 12.7. The molecule has 3 rings (SSSR count). The van der Waals surface area contributed by atoms with Gasteiger partial charge in [-0.15, -0.1) is 5.10 Å². The van der Waals surface area contributed by atoms with Gasteiger partial charge < -0.3 is 9.47 Å². The summed E-state index contributed by atoms with van der Waals surface area (Å²) in [7, 11) is 0. The van der Waals surface area contributed by atoms with E-state index in [0.29, 0.717) is 29.3 Å². The smallest absolute Gasteiger partial charge is 0.388 e. The van der Waals surface area contributed by atoms with Crippen molar-refractivity contribution < 1.29 is 18.3 Å². The van der Waals surface area contributed by atoms with E-state index < -0.39 is 6.61 Å². The molecule has 9 heteroatoms. The van der Waals surface area contributed by atoms with Gasteiger partial charge in [0.15, 0.2) is 0 Å². The Kier molecular flexibility index (Phi) is 5.62. The lowest BCUT2D eigenvalue weighted by Gasteiger charge is -2.12. The number of alkyl halides is 2. The fourth-order valence-electron chi connectivity index (χ4n) is 2.36. The average molecular weight is 381 g/mol. The molecule has 0 bridgehead atoms. The highest BCUT2D eigenvalue weighted by Crippen LogP contribution is 2.31. The molecular weight excluding hydrogens is 366 g/mol. The summed E-state index contributed by atoms with van der Waals surface area (Å²) in [5.74, 6) is -0.167. The zero-order chi connectivity index (χ0) is 18.5. The molecule has 26 heavy (non-hydrogen) atoms. The van der Waals surface area contributed by atoms with Crippen molar-refractivity contribution in [2.75, 3.05) is 6.61 Å². The van der Waals surface area contributed by atoms with Crippen LogP contribution in [0.2, 0.25) is 5.02 Å². The number of nitrogens with zero attached hydrogens (tertiary/aromatic N) is 4. The van der Waals surface area contributed by atoms with Crippen molar-refractivity contribution in [3.63, 3.8) is 0 Å². The van der Waals surface area contributed by atoms with Crippen LogP contribution in [0.5, 0.6) is 11.9 Å². The highest BCUT2D eigenvalue weighted by atomic mass is 35.5. The van der Waals surface area contributed by atoms with Gasteiger partial charge in [0.2, 0.25) is 5.88 Å². The molecule has 0 aliphatic rings. The van der Waals surface area contributed by atoms with Crippen LogP contribution in [0.1, 0.15) is 12.5 Å². The van der Waals surface area contributed by atoms with Crippen molar-refractivity contribution >= 4 is 11.6 Å². The Morgan fingerprint density at radius 3 is 2.81 bits per heavy atom. The minimum atomic E-state index is -2.98. The van der Waals surface area contributed by atoms with Gasteiger partial charge in [-0.25, -0.2) is 9.67 Å². The van der Waals surface area contributed by atoms with Crippen LogP contribution < -0.4 is 9.47 Å². The van der Waals surface area contributed by atoms with Gasteiger partial charge in [-0.1, -0.05) is 23.7 Å². The predicted molar refractivity (Wildman–Crippen MR) is 91.6 cm³/mol. The first-order valence-electron chi connectivity index (χ1n) is 7.77. The predicted octanol–water partition coefficient (Wildman–Crippen LogP) is 4.04. The molecule has 0 unspecified atom stereocenters. The number of benzene rings is 1. The van der Waals surface area contributed by atoms with E-state index in [2.05, 4.69) is 19.8 Å². The first kappa shape index (κ1) is 18.1. The molecule has 2 aromatic heterocycles. The van der Waals surface area contributed by atoms with Gasteiger partial charge in [0.25, 0.3) is 0 Å². The van der Waals surface area contributed by atoms with Crippen molar-refractivity contribution in [1.82, 2.24) is 19.7 Å². The van der Waals surface area contributed by atoms with E-state index in [-0.39, 0.29) is 11.9 Å². The van der Waals surface area contributed by atoms with Crippen molar-refractivity contribution in [3.05, 3.63) is 53.4 Å². The number of rotatable bonds is 7. The molecule has 3 aromatic rings. The number of aromatic nitrogens is 4. The Hall–Kier alpha value is -2.74. The monoisotopic (exact) mass is 380 g/mol. The van der Waals surface area contributed by atoms with E-state index in [9.17, 15) is 8.78 Å². The van der Waals surface area contributed by atoms with Crippen LogP contribution in [0.3, 0.4) is 0 Å². The van der Waals surface area contributed by atoms with Gasteiger partial charge in [0.05, 0.1) is 13.2 Å². The minimum absolute atomic E-state index is 0.167. The first-order valence-corrected chi connectivity index (χ1v) is 8.15. The third-order valence-corrected chi connectivity index (χ3v) is 3.61. The minimum Gasteiger partial charge on any atom is -0.463 e. The van der Waals surface area contributed by atoms with Crippen LogP contribution >= 0.6 is 11.6 Å². The van der Waals surface area contributed by atoms with Gasteiger partial charge in [-0.2, -0.15) is 13.8 Å². The van der Waals surface area contributed by atoms with Crippen molar-refractivity contribution in [1.29, 1.82) is 0 Å². The van der Waals surface area contributed by atoms with Crippen LogP contribution in [-0.2, 0) is 6.54 Å². The largest absolute Gasteiger partial charge is 0.463 e. The molecular formula is C17H15ClF2N4O2. The topological polar surface area (TPSA) is 62.1 Å². The molecule has 136 valence electrons. The highest BCUT2D eigenvalue weighted by Gasteiger charge is 2.15. The lowest BCUT2D eigenvalue weighted by Crippen LogP contribution is -2.07. The molecule has 0 spiro atoms. The maximum Gasteiger partial charge on any atom is 0.388 e. The Bertz CT molecular complexity index is 889. The van der Waals surface area contributed by atoms with Crippen LogP contribution in [-0.4, -0.2) is 33.0 Å². The van der Waals surface area contributed by atoms with E-state index in [1.807, 2.05) is 6.92 Å². The zero-order valence-corrected chi connectivity index (χ0v) is 14.5. The number of pyridine rings is 1. The summed E-state index contributed by atoms with van der Waals surface area (Å²) in [5, 5.41) is 4.65. The lowest BCUT2D eigenvalue weighted by molar-refractivity contribution is -0.0524. The molecule has 0 saturated heterocycles. The van der Waals surface area contributed by atoms with Crippen molar-refractivity contribution in [2.45, 2.75) is 20.1 Å². The molecule has 0 aliphatic carbocycles. The zero-order valence-electron chi connectivity index (χ0n) is 13.8. The van der Waals surface area contributed by atoms with Crippen LogP contribution in [0.15, 0.2) is 42.9 Å². The van der Waals surface area contributed by atoms with Crippen LogP contribution in [0.4, 0.5) is 8.78 Å². The Balaban J connectivity index is 1.93. The number of hydrogen-bond donors (Lipinski definition) is 0. The van der Waals surface area contributed by atoms with Gasteiger partial charge in [-0.3, -0.25) is 0 Å². The fraction of sp³-hybridized carbons (Fsp3) is 0.235. The number of ether oxygens (including phenoxy) is 2. The quantitative estimate of drug-likeness (QED) is 0.619. The summed E-state index contributed by atoms with van der Waals surface area (Å²) in [6.45, 7) is -0.334. The average Bonchev–Trinajstić information content (AvgIpc) is 3.03. The summed E-state index contributed by atoms with van der Waals surface area (Å²) < 4.78 is 36.7. The summed E-state index contributed by atoms with van der Waals surface area (Å²) >= 11 is 6.01. The second-order valence-corrected chi connectivity index (χ2v) is 5.68. The molecule has 6 nitrogen and oxygen atoms in total. The molecule has 0 radical (unpaired) electrons. The Labute approximate surface area is 153 Å². The standard InChI is InChI=1S/C17H15ClF2N4O2/c1-2-25-17-22-10-24(23-17)9-11-6-14(12-4-3-5-13(18)7-12)15(21-8-11)26-16(19)20/h3-8,10,16H,2,9H2,1H3. The maximum atomic E-state index is 12.7. The van der Waals surface area contributed by atoms with E-state index in [0.717, 1.165) is 5.56 Å². The summed E-state index contributed by atoms with van der Waals surface area (Å²) in [5.41, 5.74) is 1.76. The number of hydrogen-bond acceptors (Lipinski definition) is 5. The summed E-state index contributed by atoms with van der Waals surface area (Å²) in [6, 6.07) is 8.80. The second-order valence-electron chi connectivity index (χ2n) is 5.24. The van der Waals surface area contributed by atoms with E-state index in [1.54, 1.807) is 35.0 Å². The van der Waals surface area contributed by atoms with E-state index in [4.69, 9.17) is 16.3 Å². The van der Waals surface area contributed by atoms with Gasteiger partial charge in [0, 0.05) is 16.8 Å². The third kappa shape index (κ3) is 4.45. The Morgan fingerprint density at radius 1 is 1.23 bits per heavy atom. The normalized spacial score (nSPS) is 11.0. The SMILES string of the molecule is CCOc1ncn(Cc2cnc(OC(F)F)c(-c3cccc(Cl)c3)c2)n1. The van der Waals surface area contributed by atoms with Gasteiger partial charge in [0.1, 0.15) is 6.33 Å². The van der Waals surface area contributed by atoms with Gasteiger partial charge in [-0.05, 0) is 36.2 Å². The lowest BCUT2D eigenvalue weighted by atomic mass is 10.1. The van der Waals surface area contributed by atoms with E-state index >= 15 is 0 Å². The molecule has 0 saturated carbocycles. The van der Waals surface area contributed by atoms with E-state index in [1.165, 1.54) is 12.5 Å². The highest BCUT2D eigenvalue weighted by molar-refractivity contribution is 6.30.